The third-order valence-electron chi connectivity index (χ3n) is 5.01. The maximum absolute atomic E-state index is 12.7. The Morgan fingerprint density at radius 3 is 2.87 bits per heavy atom. The smallest absolute Gasteiger partial charge is 0.228 e. The molecule has 0 aromatic heterocycles. The third kappa shape index (κ3) is 2.98. The fourth-order valence-corrected chi connectivity index (χ4v) is 3.73. The number of hydrogen-bond acceptors (Lipinski definition) is 3. The molecule has 2 fully saturated rings. The molecule has 2 heterocycles. The Kier molecular flexibility index (Phi) is 4.66. The van der Waals surface area contributed by atoms with Gasteiger partial charge in [0.2, 0.25) is 11.8 Å². The van der Waals surface area contributed by atoms with Gasteiger partial charge in [0.15, 0.2) is 0 Å². The maximum Gasteiger partial charge on any atom is 0.228 e. The molecule has 1 N–H and O–H groups in total. The lowest BCUT2D eigenvalue weighted by Gasteiger charge is -2.26. The molecule has 0 aliphatic carbocycles. The van der Waals surface area contributed by atoms with Gasteiger partial charge in [0.05, 0.1) is 18.6 Å². The van der Waals surface area contributed by atoms with Crippen LogP contribution in [0.4, 0.5) is 5.69 Å². The Morgan fingerprint density at radius 1 is 1.35 bits per heavy atom. The average Bonchev–Trinajstić information content (AvgIpc) is 3.20. The second-order valence-corrected chi connectivity index (χ2v) is 6.40. The predicted octanol–water partition coefficient (Wildman–Crippen LogP) is 1.59. The van der Waals surface area contributed by atoms with Gasteiger partial charge in [-0.2, -0.15) is 0 Å². The Labute approximate surface area is 136 Å². The molecule has 0 radical (unpaired) electrons. The molecule has 1 aromatic carbocycles. The highest BCUT2D eigenvalue weighted by atomic mass is 16.3. The fraction of sp³-hybridized carbons (Fsp3) is 0.556. The van der Waals surface area contributed by atoms with Crippen LogP contribution in [0.5, 0.6) is 0 Å². The number of aliphatic hydroxyl groups excluding tert-OH is 1. The van der Waals surface area contributed by atoms with E-state index >= 15 is 0 Å². The highest BCUT2D eigenvalue weighted by Gasteiger charge is 2.40. The van der Waals surface area contributed by atoms with Crippen molar-refractivity contribution in [3.63, 3.8) is 0 Å². The molecule has 2 amide bonds. The minimum Gasteiger partial charge on any atom is -0.394 e. The van der Waals surface area contributed by atoms with E-state index < -0.39 is 0 Å². The van der Waals surface area contributed by atoms with E-state index in [0.717, 1.165) is 30.5 Å². The van der Waals surface area contributed by atoms with Gasteiger partial charge in [0.25, 0.3) is 0 Å². The maximum atomic E-state index is 12.7. The number of aryl methyl sites for hydroxylation is 1. The fourth-order valence-electron chi connectivity index (χ4n) is 3.73. The molecule has 0 saturated carbocycles. The summed E-state index contributed by atoms with van der Waals surface area (Å²) in [6, 6.07) is 7.81. The topological polar surface area (TPSA) is 60.9 Å². The van der Waals surface area contributed by atoms with Gasteiger partial charge < -0.3 is 14.9 Å². The summed E-state index contributed by atoms with van der Waals surface area (Å²) < 4.78 is 0. The summed E-state index contributed by atoms with van der Waals surface area (Å²) in [7, 11) is 0. The quantitative estimate of drug-likeness (QED) is 0.917. The molecule has 23 heavy (non-hydrogen) atoms. The van der Waals surface area contributed by atoms with E-state index in [4.69, 9.17) is 0 Å². The molecule has 3 rings (SSSR count). The summed E-state index contributed by atoms with van der Waals surface area (Å²) in [5, 5.41) is 9.41. The van der Waals surface area contributed by atoms with Gasteiger partial charge in [-0.25, -0.2) is 0 Å². The van der Waals surface area contributed by atoms with Crippen molar-refractivity contribution in [3.05, 3.63) is 29.8 Å². The van der Waals surface area contributed by atoms with E-state index in [1.807, 2.05) is 24.3 Å². The van der Waals surface area contributed by atoms with Crippen molar-refractivity contribution in [1.29, 1.82) is 0 Å². The van der Waals surface area contributed by atoms with Gasteiger partial charge in [-0.3, -0.25) is 9.59 Å². The van der Waals surface area contributed by atoms with Crippen molar-refractivity contribution in [1.82, 2.24) is 4.90 Å². The number of anilines is 1. The van der Waals surface area contributed by atoms with Crippen molar-refractivity contribution < 1.29 is 14.7 Å². The van der Waals surface area contributed by atoms with E-state index in [-0.39, 0.29) is 36.8 Å². The molecule has 2 aliphatic rings. The van der Waals surface area contributed by atoms with Crippen LogP contribution >= 0.6 is 0 Å². The van der Waals surface area contributed by atoms with E-state index in [9.17, 15) is 14.7 Å². The first-order valence-corrected chi connectivity index (χ1v) is 8.45. The second-order valence-electron chi connectivity index (χ2n) is 6.40. The lowest BCUT2D eigenvalue weighted by atomic mass is 10.1. The highest BCUT2D eigenvalue weighted by Crippen LogP contribution is 2.30. The normalized spacial score (nSPS) is 24.5. The van der Waals surface area contributed by atoms with Gasteiger partial charge in [-0.15, -0.1) is 0 Å². The number of benzene rings is 1. The number of hydrogen-bond donors (Lipinski definition) is 1. The standard InChI is InChI=1S/C18H24N2O3/c1-2-13-6-3-4-8-16(13)20-11-14(10-17(20)22)18(23)19-9-5-7-15(19)12-21/h3-4,6,8,14-15,21H,2,5,7,9-12H2,1H3/t14?,15-/m1/s1. The van der Waals surface area contributed by atoms with Gasteiger partial charge in [-0.05, 0) is 30.9 Å². The minimum atomic E-state index is -0.292. The zero-order chi connectivity index (χ0) is 16.4. The van der Waals surface area contributed by atoms with Crippen LogP contribution in [0.3, 0.4) is 0 Å². The van der Waals surface area contributed by atoms with Crippen LogP contribution < -0.4 is 4.90 Å². The summed E-state index contributed by atoms with van der Waals surface area (Å²) in [4.78, 5) is 28.7. The first kappa shape index (κ1) is 16.0. The molecule has 0 bridgehead atoms. The molecular formula is C18H24N2O3. The molecule has 2 atom stereocenters. The number of rotatable bonds is 4. The second kappa shape index (κ2) is 6.71. The number of para-hydroxylation sites is 1. The van der Waals surface area contributed by atoms with Crippen LogP contribution in [0, 0.1) is 5.92 Å². The Morgan fingerprint density at radius 2 is 2.13 bits per heavy atom. The molecule has 5 heteroatoms. The van der Waals surface area contributed by atoms with Crippen molar-refractivity contribution in [2.45, 2.75) is 38.6 Å². The highest BCUT2D eigenvalue weighted by molar-refractivity contribution is 6.00. The summed E-state index contributed by atoms with van der Waals surface area (Å²) in [6.07, 6.45) is 2.91. The Balaban J connectivity index is 1.76. The lowest BCUT2D eigenvalue weighted by Crippen LogP contribution is -2.42. The Hall–Kier alpha value is -1.88. The van der Waals surface area contributed by atoms with Gasteiger partial charge in [0, 0.05) is 25.2 Å². The van der Waals surface area contributed by atoms with Crippen LogP contribution in [-0.4, -0.2) is 47.6 Å². The summed E-state index contributed by atoms with van der Waals surface area (Å²) in [5.74, 6) is -0.255. The van der Waals surface area contributed by atoms with E-state index in [1.54, 1.807) is 9.80 Å². The Bertz CT molecular complexity index is 602. The number of carbonyl (C=O) groups excluding carboxylic acids is 2. The number of carbonyl (C=O) groups is 2. The monoisotopic (exact) mass is 316 g/mol. The largest absolute Gasteiger partial charge is 0.394 e. The van der Waals surface area contributed by atoms with E-state index in [2.05, 4.69) is 6.92 Å². The van der Waals surface area contributed by atoms with Crippen LogP contribution in [0.25, 0.3) is 0 Å². The minimum absolute atomic E-state index is 0.00872. The van der Waals surface area contributed by atoms with E-state index in [0.29, 0.717) is 13.1 Å². The third-order valence-corrected chi connectivity index (χ3v) is 5.01. The summed E-state index contributed by atoms with van der Waals surface area (Å²) in [6.45, 7) is 3.22. The average molecular weight is 316 g/mol. The van der Waals surface area contributed by atoms with Crippen molar-refractivity contribution >= 4 is 17.5 Å². The zero-order valence-electron chi connectivity index (χ0n) is 13.6. The number of aliphatic hydroxyl groups is 1. The van der Waals surface area contributed by atoms with Crippen molar-refractivity contribution in [2.75, 3.05) is 24.6 Å². The van der Waals surface area contributed by atoms with Gasteiger partial charge in [-0.1, -0.05) is 25.1 Å². The number of likely N-dealkylation sites (tertiary alicyclic amines) is 1. The van der Waals surface area contributed by atoms with E-state index in [1.165, 1.54) is 0 Å². The molecule has 2 aliphatic heterocycles. The van der Waals surface area contributed by atoms with Gasteiger partial charge in [0.1, 0.15) is 0 Å². The lowest BCUT2D eigenvalue weighted by molar-refractivity contribution is -0.137. The SMILES string of the molecule is CCc1ccccc1N1CC(C(=O)N2CCC[C@@H]2CO)CC1=O. The molecule has 2 saturated heterocycles. The zero-order valence-corrected chi connectivity index (χ0v) is 13.6. The molecule has 1 aromatic rings. The number of amides is 2. The molecule has 0 spiro atoms. The van der Waals surface area contributed by atoms with Crippen LogP contribution in [0.15, 0.2) is 24.3 Å². The molecular weight excluding hydrogens is 292 g/mol. The summed E-state index contributed by atoms with van der Waals surface area (Å²) in [5.41, 5.74) is 2.05. The van der Waals surface area contributed by atoms with Crippen LogP contribution in [0.1, 0.15) is 31.7 Å². The predicted molar refractivity (Wildman–Crippen MR) is 88.1 cm³/mol. The van der Waals surface area contributed by atoms with Crippen LogP contribution in [0.2, 0.25) is 0 Å². The molecule has 5 nitrogen and oxygen atoms in total. The van der Waals surface area contributed by atoms with Crippen molar-refractivity contribution in [2.24, 2.45) is 5.92 Å². The molecule has 1 unspecified atom stereocenters. The van der Waals surface area contributed by atoms with Gasteiger partial charge >= 0.3 is 0 Å². The van der Waals surface area contributed by atoms with Crippen molar-refractivity contribution in [3.8, 4) is 0 Å². The summed E-state index contributed by atoms with van der Waals surface area (Å²) >= 11 is 0. The van der Waals surface area contributed by atoms with Crippen LogP contribution in [-0.2, 0) is 16.0 Å². The first-order valence-electron chi connectivity index (χ1n) is 8.45. The first-order chi connectivity index (χ1) is 11.2. The number of nitrogens with zero attached hydrogens (tertiary/aromatic N) is 2. The molecule has 124 valence electrons.